The minimum absolute atomic E-state index is 0.00801. The molecule has 1 heterocycles. The Hall–Kier alpha value is -3.32. The van der Waals surface area contributed by atoms with Crippen molar-refractivity contribution in [2.45, 2.75) is 6.54 Å². The van der Waals surface area contributed by atoms with Crippen LogP contribution in [0.1, 0.15) is 21.7 Å². The Morgan fingerprint density at radius 3 is 2.37 bits per heavy atom. The Morgan fingerprint density at radius 1 is 0.914 bits per heavy atom. The molecule has 2 amide bonds. The largest absolute Gasteiger partial charge is 0.457 e. The smallest absolute Gasteiger partial charge is 0.268 e. The number of carbonyl (C=O) groups is 2. The third-order valence-corrected chi connectivity index (χ3v) is 6.08. The van der Waals surface area contributed by atoms with Crippen LogP contribution in [0.4, 0.5) is 0 Å². The average Bonchev–Trinajstić information content (AvgIpc) is 3.31. The van der Waals surface area contributed by atoms with E-state index >= 15 is 0 Å². The van der Waals surface area contributed by atoms with Gasteiger partial charge in [-0.1, -0.05) is 81.6 Å². The van der Waals surface area contributed by atoms with E-state index in [1.807, 2.05) is 54.6 Å². The van der Waals surface area contributed by atoms with Crippen LogP contribution in [0, 0.1) is 0 Å². The first-order chi connectivity index (χ1) is 16.9. The lowest BCUT2D eigenvalue weighted by Crippen LogP contribution is -2.34. The summed E-state index contributed by atoms with van der Waals surface area (Å²) < 4.78 is 6.87. The summed E-state index contributed by atoms with van der Waals surface area (Å²) in [6.07, 6.45) is 1.48. The fourth-order valence-electron chi connectivity index (χ4n) is 3.24. The monoisotopic (exact) mass is 568 g/mol. The third kappa shape index (κ3) is 6.63. The van der Waals surface area contributed by atoms with E-state index in [0.717, 1.165) is 15.6 Å². The zero-order valence-corrected chi connectivity index (χ0v) is 21.3. The maximum atomic E-state index is 13.0. The molecule has 0 aliphatic carbocycles. The topological polar surface area (TPSA) is 71.3 Å². The van der Waals surface area contributed by atoms with Crippen LogP contribution in [0.15, 0.2) is 99.5 Å². The zero-order chi connectivity index (χ0) is 24.8. The molecule has 35 heavy (non-hydrogen) atoms. The lowest BCUT2D eigenvalue weighted by molar-refractivity contribution is -0.117. The first kappa shape index (κ1) is 24.8. The highest BCUT2D eigenvalue weighted by atomic mass is 79.9. The summed E-state index contributed by atoms with van der Waals surface area (Å²) in [5.41, 5.74) is 1.99. The molecule has 0 saturated heterocycles. The predicted molar refractivity (Wildman–Crippen MR) is 142 cm³/mol. The van der Waals surface area contributed by atoms with Crippen LogP contribution in [-0.4, -0.2) is 11.8 Å². The minimum Gasteiger partial charge on any atom is -0.457 e. The minimum atomic E-state index is -0.549. The van der Waals surface area contributed by atoms with Crippen molar-refractivity contribution >= 4 is 57.0 Å². The molecular formula is C27H19BrCl2N2O3. The molecule has 0 spiro atoms. The first-order valence-electron chi connectivity index (χ1n) is 10.5. The highest BCUT2D eigenvalue weighted by Gasteiger charge is 2.18. The predicted octanol–water partition coefficient (Wildman–Crippen LogP) is 7.10. The van der Waals surface area contributed by atoms with Gasteiger partial charge in [0.05, 0.1) is 10.6 Å². The molecule has 0 fully saturated rings. The van der Waals surface area contributed by atoms with Gasteiger partial charge in [-0.3, -0.25) is 9.59 Å². The van der Waals surface area contributed by atoms with Gasteiger partial charge in [-0.25, -0.2) is 0 Å². The molecule has 0 saturated carbocycles. The van der Waals surface area contributed by atoms with Gasteiger partial charge in [0.2, 0.25) is 0 Å². The standard InChI is InChI=1S/C27H19BrCl2N2O3/c28-19-8-6-18(7-9-19)25-13-11-21(35-25)15-24(27(34)31-16-17-4-2-1-3-5-17)32-26(33)22-12-10-20(29)14-23(22)30/h1-15H,16H2,(H,31,34)(H,32,33). The van der Waals surface area contributed by atoms with Gasteiger partial charge < -0.3 is 15.1 Å². The third-order valence-electron chi connectivity index (χ3n) is 5.01. The molecule has 1 aromatic heterocycles. The molecule has 0 aliphatic rings. The summed E-state index contributed by atoms with van der Waals surface area (Å²) in [5.74, 6) is -0.00324. The maximum absolute atomic E-state index is 13.0. The van der Waals surface area contributed by atoms with Gasteiger partial charge >= 0.3 is 0 Å². The van der Waals surface area contributed by atoms with Gasteiger partial charge in [0.25, 0.3) is 11.8 Å². The normalized spacial score (nSPS) is 11.2. The van der Waals surface area contributed by atoms with Crippen LogP contribution < -0.4 is 10.6 Å². The molecule has 4 rings (SSSR count). The second kappa shape index (κ2) is 11.4. The summed E-state index contributed by atoms with van der Waals surface area (Å²) in [6, 6.07) is 25.1. The fourth-order valence-corrected chi connectivity index (χ4v) is 4.00. The van der Waals surface area contributed by atoms with E-state index in [4.69, 9.17) is 27.6 Å². The number of nitrogens with one attached hydrogen (secondary N) is 2. The van der Waals surface area contributed by atoms with Crippen LogP contribution in [-0.2, 0) is 11.3 Å². The van der Waals surface area contributed by atoms with Crippen molar-refractivity contribution in [1.29, 1.82) is 0 Å². The molecule has 0 unspecified atom stereocenters. The van der Waals surface area contributed by atoms with Gasteiger partial charge in [-0.15, -0.1) is 0 Å². The van der Waals surface area contributed by atoms with E-state index in [1.54, 1.807) is 18.2 Å². The highest BCUT2D eigenvalue weighted by molar-refractivity contribution is 9.10. The van der Waals surface area contributed by atoms with Crippen molar-refractivity contribution < 1.29 is 14.0 Å². The zero-order valence-electron chi connectivity index (χ0n) is 18.2. The van der Waals surface area contributed by atoms with Crippen molar-refractivity contribution in [3.8, 4) is 11.3 Å². The number of furan rings is 1. The second-order valence-electron chi connectivity index (χ2n) is 7.51. The van der Waals surface area contributed by atoms with Gasteiger partial charge in [-0.2, -0.15) is 0 Å². The van der Waals surface area contributed by atoms with E-state index in [0.29, 0.717) is 16.5 Å². The molecule has 8 heteroatoms. The Morgan fingerprint density at radius 2 is 1.66 bits per heavy atom. The Bertz CT molecular complexity index is 1380. The van der Waals surface area contributed by atoms with E-state index < -0.39 is 11.8 Å². The molecule has 5 nitrogen and oxygen atoms in total. The summed E-state index contributed by atoms with van der Waals surface area (Å²) >= 11 is 15.5. The number of amides is 2. The van der Waals surface area contributed by atoms with E-state index in [-0.39, 0.29) is 22.8 Å². The van der Waals surface area contributed by atoms with Crippen LogP contribution in [0.3, 0.4) is 0 Å². The van der Waals surface area contributed by atoms with Gasteiger partial charge in [0.15, 0.2) is 0 Å². The highest BCUT2D eigenvalue weighted by Crippen LogP contribution is 2.25. The molecule has 176 valence electrons. The van der Waals surface area contributed by atoms with Crippen LogP contribution >= 0.6 is 39.1 Å². The van der Waals surface area contributed by atoms with Crippen molar-refractivity contribution in [3.63, 3.8) is 0 Å². The Labute approximate surface area is 220 Å². The number of carbonyl (C=O) groups excluding carboxylic acids is 2. The van der Waals surface area contributed by atoms with Crippen LogP contribution in [0.5, 0.6) is 0 Å². The number of hydrogen-bond acceptors (Lipinski definition) is 3. The second-order valence-corrected chi connectivity index (χ2v) is 9.27. The van der Waals surface area contributed by atoms with E-state index in [2.05, 4.69) is 26.6 Å². The molecule has 0 atom stereocenters. The summed E-state index contributed by atoms with van der Waals surface area (Å²) in [7, 11) is 0. The summed E-state index contributed by atoms with van der Waals surface area (Å²) in [5, 5.41) is 6.05. The molecule has 2 N–H and O–H groups in total. The summed E-state index contributed by atoms with van der Waals surface area (Å²) in [4.78, 5) is 26.0. The van der Waals surface area contributed by atoms with Crippen LogP contribution in [0.25, 0.3) is 17.4 Å². The molecular weight excluding hydrogens is 551 g/mol. The Balaban J connectivity index is 1.60. The number of halogens is 3. The number of hydrogen-bond donors (Lipinski definition) is 2. The molecule has 0 bridgehead atoms. The van der Waals surface area contributed by atoms with Crippen molar-refractivity contribution in [2.75, 3.05) is 0 Å². The molecule has 3 aromatic carbocycles. The average molecular weight is 570 g/mol. The lowest BCUT2D eigenvalue weighted by Gasteiger charge is -2.12. The SMILES string of the molecule is O=C(NCc1ccccc1)C(=Cc1ccc(-c2ccc(Br)cc2)o1)NC(=O)c1ccc(Cl)cc1Cl. The van der Waals surface area contributed by atoms with Gasteiger partial charge in [0, 0.05) is 27.7 Å². The van der Waals surface area contributed by atoms with Crippen molar-refractivity contribution in [1.82, 2.24) is 10.6 Å². The number of benzene rings is 3. The van der Waals surface area contributed by atoms with E-state index in [9.17, 15) is 9.59 Å². The lowest BCUT2D eigenvalue weighted by atomic mass is 10.2. The molecule has 4 aromatic rings. The number of rotatable bonds is 7. The first-order valence-corrected chi connectivity index (χ1v) is 12.1. The van der Waals surface area contributed by atoms with Crippen molar-refractivity contribution in [3.05, 3.63) is 122 Å². The van der Waals surface area contributed by atoms with Crippen LogP contribution in [0.2, 0.25) is 10.0 Å². The quantitative estimate of drug-likeness (QED) is 0.233. The van der Waals surface area contributed by atoms with Gasteiger partial charge in [-0.05, 0) is 48.0 Å². The molecule has 0 radical (unpaired) electrons. The fraction of sp³-hybridized carbons (Fsp3) is 0.0370. The summed E-state index contributed by atoms with van der Waals surface area (Å²) in [6.45, 7) is 0.289. The van der Waals surface area contributed by atoms with E-state index in [1.165, 1.54) is 18.2 Å². The van der Waals surface area contributed by atoms with Crippen molar-refractivity contribution in [2.24, 2.45) is 0 Å². The molecule has 0 aliphatic heterocycles. The Kier molecular flexibility index (Phi) is 8.08. The maximum Gasteiger partial charge on any atom is 0.268 e. The van der Waals surface area contributed by atoms with Gasteiger partial charge in [0.1, 0.15) is 17.2 Å².